The maximum Gasteiger partial charge on any atom is 0.306 e. The van der Waals surface area contributed by atoms with E-state index in [1.165, 1.54) is 193 Å². The molecule has 0 aromatic carbocycles. The fourth-order valence-corrected chi connectivity index (χ4v) is 7.97. The lowest BCUT2D eigenvalue weighted by Crippen LogP contribution is -2.30. The van der Waals surface area contributed by atoms with Gasteiger partial charge in [0.2, 0.25) is 0 Å². The molecule has 0 N–H and O–H groups in total. The van der Waals surface area contributed by atoms with E-state index in [9.17, 15) is 14.4 Å². The number of rotatable bonds is 49. The molecule has 0 radical (unpaired) electrons. The number of carbonyl (C=O) groups is 3. The quantitative estimate of drug-likeness (QED) is 0.0263. The Hall–Kier alpha value is -1.85. The number of hydrogen-bond donors (Lipinski definition) is 0. The van der Waals surface area contributed by atoms with Gasteiger partial charge in [-0.15, -0.1) is 0 Å². The molecule has 60 heavy (non-hydrogen) atoms. The third-order valence-corrected chi connectivity index (χ3v) is 12.0. The topological polar surface area (TPSA) is 78.9 Å². The summed E-state index contributed by atoms with van der Waals surface area (Å²) in [6.07, 6.45) is 54.8. The van der Waals surface area contributed by atoms with E-state index >= 15 is 0 Å². The van der Waals surface area contributed by atoms with Gasteiger partial charge in [0.25, 0.3) is 0 Å². The molecule has 0 saturated heterocycles. The second kappa shape index (κ2) is 49.8. The van der Waals surface area contributed by atoms with Gasteiger partial charge in [0.1, 0.15) is 13.2 Å². The summed E-state index contributed by atoms with van der Waals surface area (Å²) < 4.78 is 16.8. The van der Waals surface area contributed by atoms with Gasteiger partial charge < -0.3 is 14.2 Å². The van der Waals surface area contributed by atoms with E-state index in [1.54, 1.807) is 0 Å². The summed E-state index contributed by atoms with van der Waals surface area (Å²) in [5, 5.41) is 0. The number of hydrogen-bond acceptors (Lipinski definition) is 6. The monoisotopic (exact) mass is 847 g/mol. The SMILES string of the molecule is CCCCCC/C=C\CCCCCCCC(=O)OC(COC(=O)CCCCCCCCCCCCCC)COC(=O)CCCCCCCCCCCCCCCCCCC. The van der Waals surface area contributed by atoms with E-state index in [-0.39, 0.29) is 31.1 Å². The zero-order valence-corrected chi connectivity index (χ0v) is 40.5. The Labute approximate surface area is 373 Å². The summed E-state index contributed by atoms with van der Waals surface area (Å²) in [4.78, 5) is 38.0. The number of esters is 3. The van der Waals surface area contributed by atoms with Crippen LogP contribution >= 0.6 is 0 Å². The van der Waals surface area contributed by atoms with Crippen LogP contribution in [0, 0.1) is 0 Å². The van der Waals surface area contributed by atoms with E-state index in [1.807, 2.05) is 0 Å². The number of ether oxygens (including phenoxy) is 3. The molecule has 0 aromatic heterocycles. The van der Waals surface area contributed by atoms with E-state index in [0.717, 1.165) is 64.2 Å². The Kier molecular flexibility index (Phi) is 48.3. The Bertz CT molecular complexity index is 931. The number of carbonyl (C=O) groups excluding carboxylic acids is 3. The second-order valence-electron chi connectivity index (χ2n) is 18.2. The van der Waals surface area contributed by atoms with Gasteiger partial charge in [-0.25, -0.2) is 0 Å². The second-order valence-corrected chi connectivity index (χ2v) is 18.2. The fourth-order valence-electron chi connectivity index (χ4n) is 7.97. The molecule has 6 heteroatoms. The average molecular weight is 847 g/mol. The zero-order chi connectivity index (χ0) is 43.7. The van der Waals surface area contributed by atoms with Crippen LogP contribution in [0.15, 0.2) is 12.2 Å². The van der Waals surface area contributed by atoms with Crippen molar-refractivity contribution in [2.45, 2.75) is 303 Å². The number of allylic oxidation sites excluding steroid dienone is 2. The minimum Gasteiger partial charge on any atom is -0.462 e. The van der Waals surface area contributed by atoms with Crippen molar-refractivity contribution in [1.29, 1.82) is 0 Å². The molecule has 0 aliphatic rings. The average Bonchev–Trinajstić information content (AvgIpc) is 3.24. The first kappa shape index (κ1) is 58.1. The van der Waals surface area contributed by atoms with Crippen molar-refractivity contribution < 1.29 is 28.6 Å². The molecule has 6 nitrogen and oxygen atoms in total. The van der Waals surface area contributed by atoms with Gasteiger partial charge in [-0.05, 0) is 44.9 Å². The van der Waals surface area contributed by atoms with Crippen LogP contribution in [-0.2, 0) is 28.6 Å². The Balaban J connectivity index is 4.30. The molecule has 0 aliphatic heterocycles. The van der Waals surface area contributed by atoms with Crippen LogP contribution < -0.4 is 0 Å². The molecule has 0 aliphatic carbocycles. The summed E-state index contributed by atoms with van der Waals surface area (Å²) >= 11 is 0. The van der Waals surface area contributed by atoms with Crippen molar-refractivity contribution in [1.82, 2.24) is 0 Å². The van der Waals surface area contributed by atoms with Crippen molar-refractivity contribution >= 4 is 17.9 Å². The highest BCUT2D eigenvalue weighted by Gasteiger charge is 2.19. The Morgan fingerprint density at radius 1 is 0.317 bits per heavy atom. The molecule has 0 saturated carbocycles. The van der Waals surface area contributed by atoms with Crippen LogP contribution in [0.2, 0.25) is 0 Å². The third kappa shape index (κ3) is 47.2. The largest absolute Gasteiger partial charge is 0.462 e. The van der Waals surface area contributed by atoms with Crippen molar-refractivity contribution in [2.75, 3.05) is 13.2 Å². The van der Waals surface area contributed by atoms with Crippen LogP contribution in [0.3, 0.4) is 0 Å². The standard InChI is InChI=1S/C54H102O6/c1-4-7-10-13-16-19-22-25-26-27-28-30-32-35-38-41-44-47-53(56)59-50-51(49-58-52(55)46-43-40-37-34-31-24-21-18-15-12-9-6-3)60-54(57)48-45-42-39-36-33-29-23-20-17-14-11-8-5-2/h20,23,51H,4-19,21-22,24-50H2,1-3H3/b23-20-. The minimum absolute atomic E-state index is 0.0679. The Morgan fingerprint density at radius 3 is 0.850 bits per heavy atom. The zero-order valence-electron chi connectivity index (χ0n) is 40.5. The third-order valence-electron chi connectivity index (χ3n) is 12.0. The van der Waals surface area contributed by atoms with Crippen LogP contribution in [0.1, 0.15) is 297 Å². The van der Waals surface area contributed by atoms with Crippen LogP contribution in [-0.4, -0.2) is 37.2 Å². The summed E-state index contributed by atoms with van der Waals surface area (Å²) in [5.41, 5.74) is 0. The summed E-state index contributed by atoms with van der Waals surface area (Å²) in [6.45, 7) is 6.65. The maximum atomic E-state index is 12.8. The van der Waals surface area contributed by atoms with Gasteiger partial charge in [-0.1, -0.05) is 245 Å². The maximum absolute atomic E-state index is 12.8. The molecule has 0 aromatic rings. The van der Waals surface area contributed by atoms with Gasteiger partial charge in [0, 0.05) is 19.3 Å². The van der Waals surface area contributed by atoms with Gasteiger partial charge in [-0.3, -0.25) is 14.4 Å². The van der Waals surface area contributed by atoms with E-state index in [4.69, 9.17) is 14.2 Å². The van der Waals surface area contributed by atoms with Crippen LogP contribution in [0.4, 0.5) is 0 Å². The summed E-state index contributed by atoms with van der Waals surface area (Å²) in [5.74, 6) is -0.859. The lowest BCUT2D eigenvalue weighted by atomic mass is 10.0. The van der Waals surface area contributed by atoms with Crippen molar-refractivity contribution in [3.05, 3.63) is 12.2 Å². The van der Waals surface area contributed by atoms with E-state index < -0.39 is 6.10 Å². The molecular weight excluding hydrogens is 745 g/mol. The van der Waals surface area contributed by atoms with Gasteiger partial charge in [-0.2, -0.15) is 0 Å². The highest BCUT2D eigenvalue weighted by atomic mass is 16.6. The highest BCUT2D eigenvalue weighted by Crippen LogP contribution is 2.16. The Morgan fingerprint density at radius 2 is 0.550 bits per heavy atom. The first-order valence-electron chi connectivity index (χ1n) is 26.7. The lowest BCUT2D eigenvalue weighted by Gasteiger charge is -2.18. The van der Waals surface area contributed by atoms with Gasteiger partial charge in [0.15, 0.2) is 6.10 Å². The molecule has 0 amide bonds. The first-order valence-corrected chi connectivity index (χ1v) is 26.7. The fraction of sp³-hybridized carbons (Fsp3) is 0.907. The smallest absolute Gasteiger partial charge is 0.306 e. The normalized spacial score (nSPS) is 12.0. The van der Waals surface area contributed by atoms with Crippen LogP contribution in [0.5, 0.6) is 0 Å². The molecule has 0 heterocycles. The molecular formula is C54H102O6. The molecule has 354 valence electrons. The van der Waals surface area contributed by atoms with Crippen molar-refractivity contribution in [3.63, 3.8) is 0 Å². The predicted octanol–water partition coefficient (Wildman–Crippen LogP) is 17.4. The predicted molar refractivity (Wildman–Crippen MR) is 256 cm³/mol. The van der Waals surface area contributed by atoms with Crippen LogP contribution in [0.25, 0.3) is 0 Å². The summed E-state index contributed by atoms with van der Waals surface area (Å²) in [7, 11) is 0. The molecule has 0 spiro atoms. The van der Waals surface area contributed by atoms with E-state index in [0.29, 0.717) is 19.3 Å². The summed E-state index contributed by atoms with van der Waals surface area (Å²) in [6, 6.07) is 0. The van der Waals surface area contributed by atoms with E-state index in [2.05, 4.69) is 32.9 Å². The van der Waals surface area contributed by atoms with Gasteiger partial charge in [0.05, 0.1) is 0 Å². The van der Waals surface area contributed by atoms with Crippen molar-refractivity contribution in [3.8, 4) is 0 Å². The minimum atomic E-state index is -0.767. The first-order chi connectivity index (χ1) is 29.5. The number of unbranched alkanes of at least 4 members (excludes halogenated alkanes) is 36. The molecule has 1 atom stereocenters. The molecule has 0 rings (SSSR count). The molecule has 1 unspecified atom stereocenters. The van der Waals surface area contributed by atoms with Crippen molar-refractivity contribution in [2.24, 2.45) is 0 Å². The molecule has 0 fully saturated rings. The highest BCUT2D eigenvalue weighted by molar-refractivity contribution is 5.71. The molecule has 0 bridgehead atoms. The lowest BCUT2D eigenvalue weighted by molar-refractivity contribution is -0.167. The van der Waals surface area contributed by atoms with Gasteiger partial charge >= 0.3 is 17.9 Å².